The van der Waals surface area contributed by atoms with Gasteiger partial charge in [-0.05, 0) is 31.6 Å². The molecule has 9 atom stereocenters. The molecular weight excluding hydrogens is 458 g/mol. The summed E-state index contributed by atoms with van der Waals surface area (Å²) in [5.41, 5.74) is -0.896. The van der Waals surface area contributed by atoms with Crippen molar-refractivity contribution in [2.75, 3.05) is 0 Å². The van der Waals surface area contributed by atoms with Crippen LogP contribution < -0.4 is 5.32 Å². The minimum absolute atomic E-state index is 0.142. The summed E-state index contributed by atoms with van der Waals surface area (Å²) in [6, 6.07) is 0. The summed E-state index contributed by atoms with van der Waals surface area (Å²) >= 11 is 0. The molecule has 1 amide bonds. The van der Waals surface area contributed by atoms with E-state index in [4.69, 9.17) is 0 Å². The van der Waals surface area contributed by atoms with E-state index in [1.165, 1.54) is 6.08 Å². The highest BCUT2D eigenvalue weighted by Gasteiger charge is 2.44. The van der Waals surface area contributed by atoms with E-state index in [0.29, 0.717) is 18.8 Å². The Kier molecular flexibility index (Phi) is 15.2. The first-order chi connectivity index (χ1) is 16.6. The molecule has 7 heteroatoms. The maximum absolute atomic E-state index is 11.4. The minimum Gasteiger partial charge on any atom is -0.465 e. The van der Waals surface area contributed by atoms with Gasteiger partial charge in [0.05, 0.1) is 18.3 Å². The van der Waals surface area contributed by atoms with Crippen molar-refractivity contribution in [1.29, 1.82) is 0 Å². The zero-order chi connectivity index (χ0) is 28.2. The van der Waals surface area contributed by atoms with Gasteiger partial charge in [-0.1, -0.05) is 97.1 Å². The van der Waals surface area contributed by atoms with Gasteiger partial charge in [-0.15, -0.1) is 0 Å². The standard InChI is InChI=1S/C29H51NO6/c1-10-11-12-23(8)29(36,30-28(34)35)24(9)27(33)22(7)17-19(4)16-21(6)26(32)20(5)13-14-25(31)15-18(2)3/h10-14,16,18,20-27,30-33,36H,1,15,17H2,2-9H3,(H,34,35)/b12-11-,14-13-,19-16-/t20-,21-,22-,23-,24+,25+,26-,27+,29-/m0/s1. The molecule has 36 heavy (non-hydrogen) atoms. The number of aliphatic hydroxyl groups excluding tert-OH is 3. The van der Waals surface area contributed by atoms with E-state index in [1.807, 2.05) is 53.7 Å². The molecule has 6 N–H and O–H groups in total. The largest absolute Gasteiger partial charge is 0.465 e. The first kappa shape index (κ1) is 34.1. The molecular formula is C29H51NO6. The molecule has 0 aliphatic carbocycles. The fourth-order valence-electron chi connectivity index (χ4n) is 4.66. The molecule has 0 bridgehead atoms. The molecule has 0 aliphatic rings. The van der Waals surface area contributed by atoms with E-state index in [9.17, 15) is 30.3 Å². The van der Waals surface area contributed by atoms with Crippen LogP contribution in [0.4, 0.5) is 4.79 Å². The second kappa shape index (κ2) is 16.0. The zero-order valence-electron chi connectivity index (χ0n) is 23.4. The van der Waals surface area contributed by atoms with E-state index in [2.05, 4.69) is 11.9 Å². The molecule has 0 saturated heterocycles. The number of nitrogens with one attached hydrogen (secondary N) is 1. The Labute approximate surface area is 218 Å². The van der Waals surface area contributed by atoms with Crippen LogP contribution >= 0.6 is 0 Å². The van der Waals surface area contributed by atoms with Gasteiger partial charge in [0.15, 0.2) is 5.72 Å². The lowest BCUT2D eigenvalue weighted by atomic mass is 9.77. The molecule has 7 nitrogen and oxygen atoms in total. The summed E-state index contributed by atoms with van der Waals surface area (Å²) in [5.74, 6) is -1.59. The number of allylic oxidation sites excluding steroid dienone is 3. The highest BCUT2D eigenvalue weighted by Crippen LogP contribution is 2.32. The average Bonchev–Trinajstić information content (AvgIpc) is 2.77. The van der Waals surface area contributed by atoms with Crippen molar-refractivity contribution < 1.29 is 30.3 Å². The van der Waals surface area contributed by atoms with Crippen LogP contribution in [-0.2, 0) is 0 Å². The smallest absolute Gasteiger partial charge is 0.406 e. The predicted octanol–water partition coefficient (Wildman–Crippen LogP) is 4.89. The molecule has 0 rings (SSSR count). The normalized spacial score (nSPS) is 21.4. The maximum atomic E-state index is 11.4. The molecule has 0 aromatic heterocycles. The van der Waals surface area contributed by atoms with Crippen LogP contribution in [0.5, 0.6) is 0 Å². The molecule has 208 valence electrons. The number of rotatable bonds is 16. The molecule has 0 heterocycles. The van der Waals surface area contributed by atoms with E-state index < -0.39 is 42.0 Å². The van der Waals surface area contributed by atoms with Crippen molar-refractivity contribution >= 4 is 6.09 Å². The van der Waals surface area contributed by atoms with Gasteiger partial charge >= 0.3 is 6.09 Å². The Bertz CT molecular complexity index is 761. The third-order valence-electron chi connectivity index (χ3n) is 6.95. The van der Waals surface area contributed by atoms with E-state index in [0.717, 1.165) is 5.57 Å². The highest BCUT2D eigenvalue weighted by atomic mass is 16.4. The summed E-state index contributed by atoms with van der Waals surface area (Å²) in [6.07, 6.45) is 8.04. The first-order valence-electron chi connectivity index (χ1n) is 13.0. The Balaban J connectivity index is 5.35. The maximum Gasteiger partial charge on any atom is 0.406 e. The van der Waals surface area contributed by atoms with Gasteiger partial charge in [0.2, 0.25) is 0 Å². The molecule has 0 saturated carbocycles. The van der Waals surface area contributed by atoms with Crippen molar-refractivity contribution in [3.63, 3.8) is 0 Å². The van der Waals surface area contributed by atoms with Gasteiger partial charge in [0.25, 0.3) is 0 Å². The van der Waals surface area contributed by atoms with Gasteiger partial charge in [-0.25, -0.2) is 4.79 Å². The summed E-state index contributed by atoms with van der Waals surface area (Å²) in [6.45, 7) is 18.6. The molecule has 0 unspecified atom stereocenters. The third kappa shape index (κ3) is 11.4. The number of carboxylic acid groups (broad SMARTS) is 1. The Morgan fingerprint density at radius 3 is 2.03 bits per heavy atom. The van der Waals surface area contributed by atoms with Crippen LogP contribution in [0, 0.1) is 35.5 Å². The summed E-state index contributed by atoms with van der Waals surface area (Å²) in [4.78, 5) is 11.4. The number of carbonyl (C=O) groups is 1. The van der Waals surface area contributed by atoms with Crippen molar-refractivity contribution in [2.24, 2.45) is 35.5 Å². The molecule has 0 aliphatic heterocycles. The molecule has 0 spiro atoms. The summed E-state index contributed by atoms with van der Waals surface area (Å²) in [5, 5.41) is 54.5. The van der Waals surface area contributed by atoms with Crippen LogP contribution in [0.3, 0.4) is 0 Å². The lowest BCUT2D eigenvalue weighted by Crippen LogP contribution is -2.60. The lowest BCUT2D eigenvalue weighted by molar-refractivity contribution is -0.116. The Morgan fingerprint density at radius 1 is 0.944 bits per heavy atom. The number of hydrogen-bond donors (Lipinski definition) is 6. The van der Waals surface area contributed by atoms with E-state index >= 15 is 0 Å². The zero-order valence-corrected chi connectivity index (χ0v) is 23.4. The fraction of sp³-hybridized carbons (Fsp3) is 0.690. The van der Waals surface area contributed by atoms with Gasteiger partial charge in [0.1, 0.15) is 0 Å². The second-order valence-corrected chi connectivity index (χ2v) is 10.9. The fourth-order valence-corrected chi connectivity index (χ4v) is 4.66. The quantitative estimate of drug-likeness (QED) is 0.0998. The number of aliphatic hydroxyl groups is 4. The van der Waals surface area contributed by atoms with Crippen molar-refractivity contribution in [3.8, 4) is 0 Å². The number of amides is 1. The van der Waals surface area contributed by atoms with Gasteiger partial charge in [-0.2, -0.15) is 0 Å². The first-order valence-corrected chi connectivity index (χ1v) is 13.0. The summed E-state index contributed by atoms with van der Waals surface area (Å²) in [7, 11) is 0. The SMILES string of the molecule is C=C/C=C\[C@H](C)[C@@](O)(NC(=O)O)[C@H](C)[C@H](O)[C@@H](C)C/C(C)=C\[C@H](C)[C@@H](O)[C@@H](C)/C=C\[C@@H](O)CC(C)C. The van der Waals surface area contributed by atoms with Gasteiger partial charge < -0.3 is 25.5 Å². The second-order valence-electron chi connectivity index (χ2n) is 10.9. The Hall–Kier alpha value is -1.93. The molecule has 0 radical (unpaired) electrons. The van der Waals surface area contributed by atoms with Gasteiger partial charge in [0, 0.05) is 23.7 Å². The third-order valence-corrected chi connectivity index (χ3v) is 6.95. The van der Waals surface area contributed by atoms with Crippen LogP contribution in [0.1, 0.15) is 68.2 Å². The van der Waals surface area contributed by atoms with Crippen molar-refractivity contribution in [1.82, 2.24) is 5.32 Å². The van der Waals surface area contributed by atoms with Crippen molar-refractivity contribution in [2.45, 2.75) is 92.3 Å². The van der Waals surface area contributed by atoms with Crippen LogP contribution in [-0.4, -0.2) is 55.7 Å². The average molecular weight is 510 g/mol. The molecule has 0 aromatic rings. The summed E-state index contributed by atoms with van der Waals surface area (Å²) < 4.78 is 0. The van der Waals surface area contributed by atoms with Gasteiger partial charge in [-0.3, -0.25) is 5.32 Å². The van der Waals surface area contributed by atoms with Crippen LogP contribution in [0.15, 0.2) is 48.6 Å². The topological polar surface area (TPSA) is 130 Å². The van der Waals surface area contributed by atoms with Crippen LogP contribution in [0.25, 0.3) is 0 Å². The Morgan fingerprint density at radius 2 is 1.53 bits per heavy atom. The highest BCUT2D eigenvalue weighted by molar-refractivity contribution is 5.65. The lowest BCUT2D eigenvalue weighted by Gasteiger charge is -2.41. The predicted molar refractivity (Wildman–Crippen MR) is 146 cm³/mol. The molecule has 0 fully saturated rings. The van der Waals surface area contributed by atoms with E-state index in [1.54, 1.807) is 32.1 Å². The monoisotopic (exact) mass is 509 g/mol. The molecule has 0 aromatic carbocycles. The number of hydrogen-bond acceptors (Lipinski definition) is 5. The van der Waals surface area contributed by atoms with Crippen molar-refractivity contribution in [3.05, 3.63) is 48.6 Å². The van der Waals surface area contributed by atoms with E-state index in [-0.39, 0.29) is 17.8 Å². The van der Waals surface area contributed by atoms with Crippen LogP contribution in [0.2, 0.25) is 0 Å². The minimum atomic E-state index is -1.87.